The summed E-state index contributed by atoms with van der Waals surface area (Å²) in [6.45, 7) is 4.62. The Bertz CT molecular complexity index is 578. The van der Waals surface area contributed by atoms with Crippen LogP contribution in [0.5, 0.6) is 0 Å². The second-order valence-corrected chi connectivity index (χ2v) is 6.53. The van der Waals surface area contributed by atoms with Crippen LogP contribution in [0, 0.1) is 17.8 Å². The Hall–Kier alpha value is -1.61. The zero-order valence-corrected chi connectivity index (χ0v) is 12.8. The predicted molar refractivity (Wildman–Crippen MR) is 84.2 cm³/mol. The third-order valence-electron chi connectivity index (χ3n) is 5.05. The zero-order valence-electron chi connectivity index (χ0n) is 12.8. The predicted octanol–water partition coefficient (Wildman–Crippen LogP) is 3.98. The molecule has 1 aliphatic carbocycles. The molecule has 2 aromatic rings. The highest BCUT2D eigenvalue weighted by Crippen LogP contribution is 2.39. The molecule has 3 nitrogen and oxygen atoms in total. The Kier molecular flexibility index (Phi) is 4.11. The first-order valence-electron chi connectivity index (χ1n) is 7.93. The van der Waals surface area contributed by atoms with Crippen molar-refractivity contribution in [3.05, 3.63) is 48.3 Å². The van der Waals surface area contributed by atoms with Gasteiger partial charge in [-0.2, -0.15) is 5.10 Å². The summed E-state index contributed by atoms with van der Waals surface area (Å²) in [5, 5.41) is 15.0. The molecule has 0 aliphatic heterocycles. The van der Waals surface area contributed by atoms with Gasteiger partial charge in [0.1, 0.15) is 0 Å². The van der Waals surface area contributed by atoms with Crippen molar-refractivity contribution in [2.24, 2.45) is 17.8 Å². The monoisotopic (exact) mass is 284 g/mol. The molecule has 21 heavy (non-hydrogen) atoms. The van der Waals surface area contributed by atoms with Crippen molar-refractivity contribution < 1.29 is 5.11 Å². The first-order valence-corrected chi connectivity index (χ1v) is 7.93. The highest BCUT2D eigenvalue weighted by Gasteiger charge is 2.30. The molecule has 3 heteroatoms. The lowest BCUT2D eigenvalue weighted by molar-refractivity contribution is 0.0561. The lowest BCUT2D eigenvalue weighted by atomic mass is 9.73. The second-order valence-electron chi connectivity index (χ2n) is 6.53. The normalized spacial score (nSPS) is 27.5. The van der Waals surface area contributed by atoms with Crippen molar-refractivity contribution in [3.8, 4) is 5.69 Å². The van der Waals surface area contributed by atoms with Crippen molar-refractivity contribution in [3.63, 3.8) is 0 Å². The maximum Gasteiger partial charge on any atom is 0.0848 e. The molecule has 4 unspecified atom stereocenters. The van der Waals surface area contributed by atoms with Gasteiger partial charge in [-0.1, -0.05) is 38.5 Å². The summed E-state index contributed by atoms with van der Waals surface area (Å²) < 4.78 is 1.84. The maximum atomic E-state index is 10.7. The topological polar surface area (TPSA) is 38.1 Å². The highest BCUT2D eigenvalue weighted by molar-refractivity contribution is 5.31. The van der Waals surface area contributed by atoms with Gasteiger partial charge in [0.15, 0.2) is 0 Å². The van der Waals surface area contributed by atoms with E-state index in [4.69, 9.17) is 0 Å². The van der Waals surface area contributed by atoms with Gasteiger partial charge in [-0.25, -0.2) is 4.68 Å². The molecule has 1 N–H and O–H groups in total. The lowest BCUT2D eigenvalue weighted by Crippen LogP contribution is -2.25. The van der Waals surface area contributed by atoms with Gasteiger partial charge in [-0.3, -0.25) is 0 Å². The molecule has 0 radical (unpaired) electrons. The fourth-order valence-electron chi connectivity index (χ4n) is 3.36. The first kappa shape index (κ1) is 14.3. The van der Waals surface area contributed by atoms with Crippen LogP contribution in [0.15, 0.2) is 42.7 Å². The molecule has 112 valence electrons. The zero-order chi connectivity index (χ0) is 14.8. The molecule has 1 fully saturated rings. The van der Waals surface area contributed by atoms with E-state index in [0.717, 1.165) is 30.0 Å². The number of aliphatic hydroxyl groups excluding tert-OH is 1. The molecule has 1 aromatic carbocycles. The fourth-order valence-corrected chi connectivity index (χ4v) is 3.36. The number of rotatable bonds is 3. The lowest BCUT2D eigenvalue weighted by Gasteiger charge is -2.34. The van der Waals surface area contributed by atoms with E-state index in [2.05, 4.69) is 18.9 Å². The van der Waals surface area contributed by atoms with Gasteiger partial charge in [0.2, 0.25) is 0 Å². The molecule has 0 saturated heterocycles. The fraction of sp³-hybridized carbons (Fsp3) is 0.500. The van der Waals surface area contributed by atoms with Gasteiger partial charge in [0.25, 0.3) is 0 Å². The van der Waals surface area contributed by atoms with E-state index in [1.54, 1.807) is 6.20 Å². The van der Waals surface area contributed by atoms with Crippen LogP contribution in [0.25, 0.3) is 5.69 Å². The summed E-state index contributed by atoms with van der Waals surface area (Å²) in [7, 11) is 0. The van der Waals surface area contributed by atoms with Crippen molar-refractivity contribution >= 4 is 0 Å². The Labute approximate surface area is 126 Å². The van der Waals surface area contributed by atoms with Crippen LogP contribution in [0.1, 0.15) is 44.8 Å². The summed E-state index contributed by atoms with van der Waals surface area (Å²) in [5.74, 6) is 1.84. The molecule has 0 bridgehead atoms. The van der Waals surface area contributed by atoms with Gasteiger partial charge < -0.3 is 5.11 Å². The van der Waals surface area contributed by atoms with Crippen LogP contribution < -0.4 is 0 Å². The Morgan fingerprint density at radius 2 is 1.90 bits per heavy atom. The molecular weight excluding hydrogens is 260 g/mol. The molecule has 1 heterocycles. The van der Waals surface area contributed by atoms with E-state index in [-0.39, 0.29) is 0 Å². The van der Waals surface area contributed by atoms with Crippen LogP contribution in [0.4, 0.5) is 0 Å². The summed E-state index contributed by atoms with van der Waals surface area (Å²) in [6, 6.07) is 10.0. The number of hydrogen-bond acceptors (Lipinski definition) is 2. The van der Waals surface area contributed by atoms with Crippen LogP contribution in [0.2, 0.25) is 0 Å². The number of para-hydroxylation sites is 1. The SMILES string of the molecule is CC1CCC(C(O)c2cnn(-c3ccccc3)c2)CC1C. The maximum absolute atomic E-state index is 10.7. The Morgan fingerprint density at radius 1 is 1.14 bits per heavy atom. The van der Waals surface area contributed by atoms with E-state index in [9.17, 15) is 5.11 Å². The summed E-state index contributed by atoms with van der Waals surface area (Å²) in [6.07, 6.45) is 6.82. The van der Waals surface area contributed by atoms with Crippen molar-refractivity contribution in [1.82, 2.24) is 9.78 Å². The smallest absolute Gasteiger partial charge is 0.0848 e. The second kappa shape index (κ2) is 6.02. The summed E-state index contributed by atoms with van der Waals surface area (Å²) in [4.78, 5) is 0. The number of aromatic nitrogens is 2. The molecule has 1 aromatic heterocycles. The standard InChI is InChI=1S/C18H24N2O/c1-13-8-9-15(10-14(13)2)18(21)16-11-19-20(12-16)17-6-4-3-5-7-17/h3-7,11-15,18,21H,8-10H2,1-2H3. The minimum Gasteiger partial charge on any atom is -0.388 e. The number of hydrogen-bond donors (Lipinski definition) is 1. The van der Waals surface area contributed by atoms with E-state index in [1.807, 2.05) is 41.2 Å². The van der Waals surface area contributed by atoms with E-state index < -0.39 is 6.10 Å². The van der Waals surface area contributed by atoms with E-state index in [1.165, 1.54) is 6.42 Å². The molecular formula is C18H24N2O. The summed E-state index contributed by atoms with van der Waals surface area (Å²) >= 11 is 0. The van der Waals surface area contributed by atoms with Gasteiger partial charge in [0, 0.05) is 11.8 Å². The third kappa shape index (κ3) is 3.03. The van der Waals surface area contributed by atoms with E-state index in [0.29, 0.717) is 11.8 Å². The van der Waals surface area contributed by atoms with Crippen LogP contribution in [-0.4, -0.2) is 14.9 Å². The Morgan fingerprint density at radius 3 is 2.62 bits per heavy atom. The van der Waals surface area contributed by atoms with Gasteiger partial charge in [-0.15, -0.1) is 0 Å². The van der Waals surface area contributed by atoms with Crippen LogP contribution in [-0.2, 0) is 0 Å². The van der Waals surface area contributed by atoms with Gasteiger partial charge in [-0.05, 0) is 42.7 Å². The van der Waals surface area contributed by atoms with Gasteiger partial charge in [0.05, 0.1) is 18.0 Å². The Balaban J connectivity index is 1.74. The van der Waals surface area contributed by atoms with Crippen molar-refractivity contribution in [2.45, 2.75) is 39.2 Å². The van der Waals surface area contributed by atoms with Crippen LogP contribution >= 0.6 is 0 Å². The van der Waals surface area contributed by atoms with Crippen molar-refractivity contribution in [1.29, 1.82) is 0 Å². The molecule has 0 spiro atoms. The summed E-state index contributed by atoms with van der Waals surface area (Å²) in [5.41, 5.74) is 1.96. The van der Waals surface area contributed by atoms with E-state index >= 15 is 0 Å². The molecule has 0 amide bonds. The van der Waals surface area contributed by atoms with Crippen molar-refractivity contribution in [2.75, 3.05) is 0 Å². The average Bonchev–Trinajstić information content (AvgIpc) is 3.00. The number of nitrogens with zero attached hydrogens (tertiary/aromatic N) is 2. The van der Waals surface area contributed by atoms with Gasteiger partial charge >= 0.3 is 0 Å². The molecule has 3 rings (SSSR count). The third-order valence-corrected chi connectivity index (χ3v) is 5.05. The average molecular weight is 284 g/mol. The highest BCUT2D eigenvalue weighted by atomic mass is 16.3. The number of aliphatic hydroxyl groups is 1. The minimum atomic E-state index is -0.391. The van der Waals surface area contributed by atoms with Crippen LogP contribution in [0.3, 0.4) is 0 Å². The number of benzene rings is 1. The molecule has 1 saturated carbocycles. The molecule has 4 atom stereocenters. The quantitative estimate of drug-likeness (QED) is 0.926. The molecule has 1 aliphatic rings. The first-order chi connectivity index (χ1) is 10.1. The largest absolute Gasteiger partial charge is 0.388 e. The minimum absolute atomic E-state index is 0.365.